The summed E-state index contributed by atoms with van der Waals surface area (Å²) in [5.41, 5.74) is 1.66. The lowest BCUT2D eigenvalue weighted by molar-refractivity contribution is 0.101. The van der Waals surface area contributed by atoms with Crippen LogP contribution in [0.1, 0.15) is 28.6 Å². The quantitative estimate of drug-likeness (QED) is 0.634. The molecule has 0 aliphatic rings. The molecule has 2 aromatic carbocycles. The number of para-hydroxylation sites is 1. The van der Waals surface area contributed by atoms with Crippen LogP contribution >= 0.6 is 0 Å². The van der Waals surface area contributed by atoms with Crippen LogP contribution in [-0.4, -0.2) is 21.8 Å². The normalized spacial score (nSPS) is 10.4. The number of hydrogen-bond donors (Lipinski definition) is 2. The maximum Gasteiger partial charge on any atom is 0.322 e. The molecular weight excluding hydrogens is 344 g/mol. The number of phenolic OH excluding ortho intramolecular Hbond substituents is 1. The van der Waals surface area contributed by atoms with Crippen LogP contribution in [0.2, 0.25) is 0 Å². The van der Waals surface area contributed by atoms with Crippen molar-refractivity contribution < 1.29 is 19.1 Å². The van der Waals surface area contributed by atoms with Crippen LogP contribution in [0.4, 0.5) is 10.5 Å². The molecule has 0 saturated heterocycles. The number of furan rings is 1. The maximum atomic E-state index is 12.8. The first-order chi connectivity index (χ1) is 13.0. The largest absolute Gasteiger partial charge is 0.508 e. The second-order valence-corrected chi connectivity index (χ2v) is 6.13. The lowest BCUT2D eigenvalue weighted by Gasteiger charge is -2.23. The number of carbonyl (C=O) groups excluding carboxylic acids is 2. The average Bonchev–Trinajstić information content (AvgIpc) is 3.16. The van der Waals surface area contributed by atoms with E-state index >= 15 is 0 Å². The minimum Gasteiger partial charge on any atom is -0.508 e. The Hall–Kier alpha value is -3.54. The molecule has 1 aromatic heterocycles. The molecule has 0 radical (unpaired) electrons. The van der Waals surface area contributed by atoms with Gasteiger partial charge in [-0.15, -0.1) is 0 Å². The van der Waals surface area contributed by atoms with Crippen molar-refractivity contribution in [3.63, 3.8) is 0 Å². The van der Waals surface area contributed by atoms with Crippen LogP contribution in [0.5, 0.6) is 5.75 Å². The molecular formula is C21H20N2O4. The molecule has 0 fully saturated rings. The first-order valence-electron chi connectivity index (χ1n) is 8.49. The van der Waals surface area contributed by atoms with Gasteiger partial charge in [-0.1, -0.05) is 30.3 Å². The SMILES string of the molecule is CC(=O)c1cccc(NC(=O)N(Cc2ccco2)Cc2ccccc2O)c1. The summed E-state index contributed by atoms with van der Waals surface area (Å²) < 4.78 is 5.35. The van der Waals surface area contributed by atoms with Gasteiger partial charge in [-0.2, -0.15) is 0 Å². The number of nitrogens with zero attached hydrogens (tertiary/aromatic N) is 1. The first kappa shape index (κ1) is 18.3. The molecule has 0 bridgehead atoms. The van der Waals surface area contributed by atoms with Crippen molar-refractivity contribution in [1.82, 2.24) is 4.90 Å². The Bertz CT molecular complexity index is 935. The molecule has 0 atom stereocenters. The van der Waals surface area contributed by atoms with E-state index in [-0.39, 0.29) is 30.7 Å². The molecule has 2 N–H and O–H groups in total. The molecule has 2 amide bonds. The summed E-state index contributed by atoms with van der Waals surface area (Å²) in [6, 6.07) is 16.8. The Morgan fingerprint density at radius 1 is 1.04 bits per heavy atom. The van der Waals surface area contributed by atoms with E-state index in [1.54, 1.807) is 66.9 Å². The fourth-order valence-electron chi connectivity index (χ4n) is 2.66. The third-order valence-corrected chi connectivity index (χ3v) is 4.09. The molecule has 27 heavy (non-hydrogen) atoms. The van der Waals surface area contributed by atoms with Gasteiger partial charge in [0.05, 0.1) is 19.4 Å². The Morgan fingerprint density at radius 2 is 1.85 bits per heavy atom. The summed E-state index contributed by atoms with van der Waals surface area (Å²) in [5.74, 6) is 0.666. The summed E-state index contributed by atoms with van der Waals surface area (Å²) in [4.78, 5) is 25.9. The molecule has 1 heterocycles. The van der Waals surface area contributed by atoms with Crippen LogP contribution in [0.25, 0.3) is 0 Å². The van der Waals surface area contributed by atoms with Gasteiger partial charge in [0.2, 0.25) is 0 Å². The molecule has 0 saturated carbocycles. The number of Topliss-reactive ketones (excluding diaryl/α,β-unsaturated/α-hetero) is 1. The fraction of sp³-hybridized carbons (Fsp3) is 0.143. The van der Waals surface area contributed by atoms with Gasteiger partial charge in [-0.25, -0.2) is 4.79 Å². The predicted octanol–water partition coefficient (Wildman–Crippen LogP) is 4.42. The Morgan fingerprint density at radius 3 is 2.56 bits per heavy atom. The number of urea groups is 1. The highest BCUT2D eigenvalue weighted by molar-refractivity contribution is 5.96. The van der Waals surface area contributed by atoms with E-state index in [1.807, 2.05) is 0 Å². The highest BCUT2D eigenvalue weighted by atomic mass is 16.3. The summed E-state index contributed by atoms with van der Waals surface area (Å²) in [6.07, 6.45) is 1.54. The standard InChI is InChI=1S/C21H20N2O4/c1-15(24)16-7-4-8-18(12-16)22-21(26)23(14-19-9-5-11-27-19)13-17-6-2-3-10-20(17)25/h2-12,25H,13-14H2,1H3,(H,22,26). The van der Waals surface area contributed by atoms with Gasteiger partial charge in [0.25, 0.3) is 0 Å². The lowest BCUT2D eigenvalue weighted by Crippen LogP contribution is -2.34. The van der Waals surface area contributed by atoms with Crippen LogP contribution in [0, 0.1) is 0 Å². The van der Waals surface area contributed by atoms with Crippen molar-refractivity contribution in [2.24, 2.45) is 0 Å². The smallest absolute Gasteiger partial charge is 0.322 e. The Labute approximate surface area is 157 Å². The van der Waals surface area contributed by atoms with E-state index in [4.69, 9.17) is 4.42 Å². The summed E-state index contributed by atoms with van der Waals surface area (Å²) in [6.45, 7) is 1.91. The topological polar surface area (TPSA) is 82.8 Å². The maximum absolute atomic E-state index is 12.8. The van der Waals surface area contributed by atoms with E-state index in [0.717, 1.165) is 0 Å². The number of benzene rings is 2. The van der Waals surface area contributed by atoms with E-state index in [9.17, 15) is 14.7 Å². The molecule has 6 nitrogen and oxygen atoms in total. The van der Waals surface area contributed by atoms with E-state index in [1.165, 1.54) is 11.8 Å². The first-order valence-corrected chi connectivity index (χ1v) is 8.49. The molecule has 138 valence electrons. The number of nitrogens with one attached hydrogen (secondary N) is 1. The third-order valence-electron chi connectivity index (χ3n) is 4.09. The molecule has 0 aliphatic heterocycles. The molecule has 0 spiro atoms. The van der Waals surface area contributed by atoms with Gasteiger partial charge < -0.3 is 19.7 Å². The van der Waals surface area contributed by atoms with Crippen LogP contribution in [-0.2, 0) is 13.1 Å². The minimum atomic E-state index is -0.365. The second kappa shape index (κ2) is 8.23. The van der Waals surface area contributed by atoms with Gasteiger partial charge in [-0.05, 0) is 37.3 Å². The van der Waals surface area contributed by atoms with Crippen LogP contribution in [0.15, 0.2) is 71.3 Å². The van der Waals surface area contributed by atoms with Crippen molar-refractivity contribution >= 4 is 17.5 Å². The zero-order chi connectivity index (χ0) is 19.2. The van der Waals surface area contributed by atoms with E-state index in [2.05, 4.69) is 5.32 Å². The highest BCUT2D eigenvalue weighted by Gasteiger charge is 2.18. The molecule has 3 rings (SSSR count). The van der Waals surface area contributed by atoms with E-state index in [0.29, 0.717) is 22.6 Å². The number of phenols is 1. The van der Waals surface area contributed by atoms with Crippen molar-refractivity contribution in [2.45, 2.75) is 20.0 Å². The molecule has 6 heteroatoms. The number of rotatable bonds is 6. The van der Waals surface area contributed by atoms with Gasteiger partial charge >= 0.3 is 6.03 Å². The van der Waals surface area contributed by atoms with Crippen LogP contribution < -0.4 is 5.32 Å². The summed E-state index contributed by atoms with van der Waals surface area (Å²) >= 11 is 0. The van der Waals surface area contributed by atoms with Crippen molar-refractivity contribution in [1.29, 1.82) is 0 Å². The summed E-state index contributed by atoms with van der Waals surface area (Å²) in [5, 5.41) is 12.8. The number of anilines is 1. The highest BCUT2D eigenvalue weighted by Crippen LogP contribution is 2.20. The Kier molecular flexibility index (Phi) is 5.56. The zero-order valence-corrected chi connectivity index (χ0v) is 14.9. The van der Waals surface area contributed by atoms with Crippen molar-refractivity contribution in [3.05, 3.63) is 83.8 Å². The average molecular weight is 364 g/mol. The van der Waals surface area contributed by atoms with Crippen molar-refractivity contribution in [3.8, 4) is 5.75 Å². The van der Waals surface area contributed by atoms with Crippen molar-refractivity contribution in [2.75, 3.05) is 5.32 Å². The third kappa shape index (κ3) is 4.76. The second-order valence-electron chi connectivity index (χ2n) is 6.13. The minimum absolute atomic E-state index is 0.0762. The number of amides is 2. The van der Waals surface area contributed by atoms with Gasteiger partial charge in [-0.3, -0.25) is 4.79 Å². The number of ketones is 1. The van der Waals surface area contributed by atoms with Gasteiger partial charge in [0.1, 0.15) is 11.5 Å². The number of carbonyl (C=O) groups is 2. The predicted molar refractivity (Wildman–Crippen MR) is 102 cm³/mol. The van der Waals surface area contributed by atoms with Gasteiger partial charge in [0.15, 0.2) is 5.78 Å². The fourth-order valence-corrected chi connectivity index (χ4v) is 2.66. The number of aromatic hydroxyl groups is 1. The summed E-state index contributed by atoms with van der Waals surface area (Å²) in [7, 11) is 0. The zero-order valence-electron chi connectivity index (χ0n) is 14.9. The number of hydrogen-bond acceptors (Lipinski definition) is 4. The molecule has 0 unspecified atom stereocenters. The monoisotopic (exact) mass is 364 g/mol. The molecule has 3 aromatic rings. The molecule has 0 aliphatic carbocycles. The van der Waals surface area contributed by atoms with Crippen LogP contribution in [0.3, 0.4) is 0 Å². The lowest BCUT2D eigenvalue weighted by atomic mass is 10.1. The van der Waals surface area contributed by atoms with Gasteiger partial charge in [0, 0.05) is 16.8 Å². The Balaban J connectivity index is 1.81. The van der Waals surface area contributed by atoms with E-state index < -0.39 is 0 Å².